The Bertz CT molecular complexity index is 565. The Labute approximate surface area is 123 Å². The van der Waals surface area contributed by atoms with Crippen LogP contribution >= 0.6 is 0 Å². The Morgan fingerprint density at radius 2 is 2.05 bits per heavy atom. The number of nitrogens with zero attached hydrogens (tertiary/aromatic N) is 2. The van der Waals surface area contributed by atoms with E-state index in [1.165, 1.54) is 6.07 Å². The van der Waals surface area contributed by atoms with E-state index in [1.54, 1.807) is 18.2 Å². The van der Waals surface area contributed by atoms with Crippen LogP contribution < -0.4 is 0 Å². The van der Waals surface area contributed by atoms with Crippen molar-refractivity contribution in [3.63, 3.8) is 0 Å². The highest BCUT2D eigenvalue weighted by atomic mass is 19.1. The summed E-state index contributed by atoms with van der Waals surface area (Å²) in [4.78, 5) is 19.5. The molecule has 0 saturated carbocycles. The van der Waals surface area contributed by atoms with E-state index in [9.17, 15) is 9.18 Å². The zero-order valence-corrected chi connectivity index (χ0v) is 12.1. The van der Waals surface area contributed by atoms with Crippen LogP contribution in [-0.4, -0.2) is 35.7 Å². The summed E-state index contributed by atoms with van der Waals surface area (Å²) in [5.41, 5.74) is 0.928. The quantitative estimate of drug-likeness (QED) is 0.840. The summed E-state index contributed by atoms with van der Waals surface area (Å²) in [6, 6.07) is 6.43. The minimum Gasteiger partial charge on any atom is -0.382 e. The molecule has 1 aromatic rings. The lowest BCUT2D eigenvalue weighted by Gasteiger charge is -2.31. The molecule has 112 valence electrons. The van der Waals surface area contributed by atoms with Gasteiger partial charge < -0.3 is 9.74 Å². The highest BCUT2D eigenvalue weighted by molar-refractivity contribution is 6.04. The molecule has 2 aliphatic rings. The number of carbonyl (C=O) groups excluding carboxylic acids is 1. The van der Waals surface area contributed by atoms with E-state index in [-0.39, 0.29) is 11.7 Å². The van der Waals surface area contributed by atoms with E-state index in [0.29, 0.717) is 23.6 Å². The summed E-state index contributed by atoms with van der Waals surface area (Å²) >= 11 is 0. The molecule has 0 radical (unpaired) electrons. The molecule has 1 amide bonds. The highest BCUT2D eigenvalue weighted by Gasteiger charge is 2.34. The van der Waals surface area contributed by atoms with Crippen molar-refractivity contribution in [1.82, 2.24) is 4.90 Å². The number of carbonyl (C=O) groups is 1. The smallest absolute Gasteiger partial charge is 0.266 e. The van der Waals surface area contributed by atoms with Crippen molar-refractivity contribution in [2.24, 2.45) is 11.1 Å². The van der Waals surface area contributed by atoms with E-state index >= 15 is 0 Å². The van der Waals surface area contributed by atoms with Gasteiger partial charge >= 0.3 is 0 Å². The van der Waals surface area contributed by atoms with Crippen molar-refractivity contribution in [1.29, 1.82) is 0 Å². The van der Waals surface area contributed by atoms with Crippen molar-refractivity contribution >= 4 is 11.6 Å². The van der Waals surface area contributed by atoms with E-state index < -0.39 is 6.10 Å². The maximum absolute atomic E-state index is 13.7. The van der Waals surface area contributed by atoms with Gasteiger partial charge in [0, 0.05) is 25.1 Å². The summed E-state index contributed by atoms with van der Waals surface area (Å²) in [6.45, 7) is 3.75. The Hall–Kier alpha value is -1.91. The number of halogens is 1. The number of hydrogen-bond acceptors (Lipinski definition) is 3. The molecule has 0 N–H and O–H groups in total. The molecule has 1 atom stereocenters. The fourth-order valence-electron chi connectivity index (χ4n) is 2.80. The molecule has 0 aromatic heterocycles. The second-order valence-corrected chi connectivity index (χ2v) is 5.82. The Kier molecular flexibility index (Phi) is 3.90. The van der Waals surface area contributed by atoms with Gasteiger partial charge in [0.25, 0.3) is 5.91 Å². The molecule has 1 saturated heterocycles. The van der Waals surface area contributed by atoms with Gasteiger partial charge in [-0.3, -0.25) is 4.79 Å². The van der Waals surface area contributed by atoms with Crippen LogP contribution in [-0.2, 0) is 9.63 Å². The van der Waals surface area contributed by atoms with Gasteiger partial charge in [-0.15, -0.1) is 0 Å². The Morgan fingerprint density at radius 3 is 2.76 bits per heavy atom. The van der Waals surface area contributed by atoms with Crippen LogP contribution in [0.1, 0.15) is 31.7 Å². The van der Waals surface area contributed by atoms with Gasteiger partial charge in [0.1, 0.15) is 5.82 Å². The van der Waals surface area contributed by atoms with Gasteiger partial charge in [-0.2, -0.15) is 0 Å². The maximum Gasteiger partial charge on any atom is 0.266 e. The average molecular weight is 290 g/mol. The second kappa shape index (κ2) is 5.84. The van der Waals surface area contributed by atoms with Crippen LogP contribution in [0.5, 0.6) is 0 Å². The van der Waals surface area contributed by atoms with Gasteiger partial charge in [0.05, 0.1) is 5.71 Å². The molecule has 0 aliphatic carbocycles. The molecular weight excluding hydrogens is 271 g/mol. The normalized spacial score (nSPS) is 22.9. The molecular formula is C16H19FN2O2. The van der Waals surface area contributed by atoms with Crippen LogP contribution in [0, 0.1) is 11.7 Å². The first-order valence-electron chi connectivity index (χ1n) is 7.41. The first-order valence-corrected chi connectivity index (χ1v) is 7.41. The summed E-state index contributed by atoms with van der Waals surface area (Å²) in [5.74, 6) is 0.306. The van der Waals surface area contributed by atoms with Crippen molar-refractivity contribution in [2.75, 3.05) is 13.1 Å². The van der Waals surface area contributed by atoms with Crippen molar-refractivity contribution in [3.8, 4) is 0 Å². The van der Waals surface area contributed by atoms with E-state index in [4.69, 9.17) is 4.84 Å². The molecule has 5 heteroatoms. The van der Waals surface area contributed by atoms with Gasteiger partial charge in [0.2, 0.25) is 6.10 Å². The average Bonchev–Trinajstić information content (AvgIpc) is 2.97. The first kappa shape index (κ1) is 14.0. The van der Waals surface area contributed by atoms with Crippen molar-refractivity contribution in [3.05, 3.63) is 35.6 Å². The molecule has 0 spiro atoms. The third-order valence-electron chi connectivity index (χ3n) is 4.22. The zero-order valence-electron chi connectivity index (χ0n) is 12.1. The van der Waals surface area contributed by atoms with Gasteiger partial charge in [-0.25, -0.2) is 4.39 Å². The van der Waals surface area contributed by atoms with Crippen molar-refractivity contribution in [2.45, 2.75) is 32.3 Å². The minimum atomic E-state index is -0.604. The van der Waals surface area contributed by atoms with Crippen LogP contribution in [0.15, 0.2) is 29.4 Å². The summed E-state index contributed by atoms with van der Waals surface area (Å²) in [5, 5.41) is 3.91. The molecule has 4 nitrogen and oxygen atoms in total. The molecule has 1 aromatic carbocycles. The van der Waals surface area contributed by atoms with Crippen LogP contribution in [0.2, 0.25) is 0 Å². The highest BCUT2D eigenvalue weighted by Crippen LogP contribution is 2.23. The Morgan fingerprint density at radius 1 is 1.33 bits per heavy atom. The van der Waals surface area contributed by atoms with Crippen LogP contribution in [0.4, 0.5) is 4.39 Å². The molecule has 0 unspecified atom stereocenters. The monoisotopic (exact) mass is 290 g/mol. The Balaban J connectivity index is 1.64. The summed E-state index contributed by atoms with van der Waals surface area (Å²) < 4.78 is 13.7. The van der Waals surface area contributed by atoms with Gasteiger partial charge in [-0.05, 0) is 24.8 Å². The lowest BCUT2D eigenvalue weighted by molar-refractivity contribution is -0.143. The number of oxime groups is 1. The molecule has 1 fully saturated rings. The number of amides is 1. The third-order valence-corrected chi connectivity index (χ3v) is 4.22. The topological polar surface area (TPSA) is 41.9 Å². The van der Waals surface area contributed by atoms with Gasteiger partial charge in [-0.1, -0.05) is 30.3 Å². The SMILES string of the molecule is CC1CCN(C(=O)[C@@H]2CC(c3ccccc3F)=NO2)CC1. The largest absolute Gasteiger partial charge is 0.382 e. The molecule has 2 aliphatic heterocycles. The standard InChI is InChI=1S/C16H19FN2O2/c1-11-6-8-19(9-7-11)16(20)15-10-14(18-21-15)12-4-2-3-5-13(12)17/h2-5,11,15H,6-10H2,1H3/t15-/m0/s1. The fraction of sp³-hybridized carbons (Fsp3) is 0.500. The predicted octanol–water partition coefficient (Wildman–Crippen LogP) is 2.58. The van der Waals surface area contributed by atoms with Crippen LogP contribution in [0.3, 0.4) is 0 Å². The fourth-order valence-corrected chi connectivity index (χ4v) is 2.80. The van der Waals surface area contributed by atoms with Crippen LogP contribution in [0.25, 0.3) is 0 Å². The van der Waals surface area contributed by atoms with Crippen molar-refractivity contribution < 1.29 is 14.0 Å². The number of rotatable bonds is 2. The summed E-state index contributed by atoms with van der Waals surface area (Å²) in [7, 11) is 0. The first-order chi connectivity index (χ1) is 10.1. The number of piperidine rings is 1. The number of benzene rings is 1. The number of likely N-dealkylation sites (tertiary alicyclic amines) is 1. The van der Waals surface area contributed by atoms with E-state index in [2.05, 4.69) is 12.1 Å². The van der Waals surface area contributed by atoms with E-state index in [1.807, 2.05) is 4.90 Å². The molecule has 2 heterocycles. The minimum absolute atomic E-state index is 0.0306. The lowest BCUT2D eigenvalue weighted by Crippen LogP contribution is -2.43. The second-order valence-electron chi connectivity index (χ2n) is 5.82. The zero-order chi connectivity index (χ0) is 14.8. The number of hydrogen-bond donors (Lipinski definition) is 0. The van der Waals surface area contributed by atoms with Gasteiger partial charge in [0.15, 0.2) is 0 Å². The van der Waals surface area contributed by atoms with E-state index in [0.717, 1.165) is 25.9 Å². The lowest BCUT2D eigenvalue weighted by atomic mass is 9.98. The molecule has 3 rings (SSSR count). The summed E-state index contributed by atoms with van der Waals surface area (Å²) in [6.07, 6.45) is 1.79. The molecule has 21 heavy (non-hydrogen) atoms. The predicted molar refractivity (Wildman–Crippen MR) is 77.4 cm³/mol. The molecule has 0 bridgehead atoms. The third kappa shape index (κ3) is 2.91. The maximum atomic E-state index is 13.7.